The summed E-state index contributed by atoms with van der Waals surface area (Å²) in [5, 5.41) is 10.7. The van der Waals surface area contributed by atoms with Crippen LogP contribution in [0.15, 0.2) is 50.6 Å². The molecule has 0 aliphatic carbocycles. The Kier molecular flexibility index (Phi) is 6.47. The highest BCUT2D eigenvalue weighted by molar-refractivity contribution is 9.10. The molecule has 2 aromatic rings. The molecule has 1 aliphatic heterocycles. The number of hydrogen-bond acceptors (Lipinski definition) is 4. The van der Waals surface area contributed by atoms with E-state index in [9.17, 15) is 0 Å². The second kappa shape index (κ2) is 9.01. The smallest absolute Gasteiger partial charge is 0.191 e. The van der Waals surface area contributed by atoms with Crippen molar-refractivity contribution >= 4 is 21.9 Å². The van der Waals surface area contributed by atoms with E-state index in [4.69, 9.17) is 4.52 Å². The summed E-state index contributed by atoms with van der Waals surface area (Å²) in [6, 6.07) is 10.9. The highest BCUT2D eigenvalue weighted by Crippen LogP contribution is 2.16. The topological polar surface area (TPSA) is 65.7 Å². The predicted octanol–water partition coefficient (Wildman–Crippen LogP) is 2.77. The van der Waals surface area contributed by atoms with Crippen molar-refractivity contribution in [3.05, 3.63) is 52.3 Å². The fraction of sp³-hybridized carbons (Fsp3) is 0.444. The lowest BCUT2D eigenvalue weighted by atomic mass is 10.0. The first kappa shape index (κ1) is 17.9. The summed E-state index contributed by atoms with van der Waals surface area (Å²) in [6.07, 6.45) is 3.80. The zero-order valence-electron chi connectivity index (χ0n) is 14.4. The van der Waals surface area contributed by atoms with Gasteiger partial charge in [0.05, 0.1) is 6.54 Å². The summed E-state index contributed by atoms with van der Waals surface area (Å²) in [4.78, 5) is 6.80. The Labute approximate surface area is 156 Å². The van der Waals surface area contributed by atoms with Gasteiger partial charge in [0.15, 0.2) is 5.96 Å². The van der Waals surface area contributed by atoms with Crippen LogP contribution in [-0.2, 0) is 13.1 Å². The summed E-state index contributed by atoms with van der Waals surface area (Å²) in [6.45, 7) is 3.81. The first-order chi connectivity index (χ1) is 12.2. The molecule has 6 nitrogen and oxygen atoms in total. The van der Waals surface area contributed by atoms with Crippen molar-refractivity contribution in [2.45, 2.75) is 32.0 Å². The maximum atomic E-state index is 4.84. The number of nitrogens with zero attached hydrogens (tertiary/aromatic N) is 3. The van der Waals surface area contributed by atoms with Crippen LogP contribution in [0.25, 0.3) is 0 Å². The van der Waals surface area contributed by atoms with Crippen molar-refractivity contribution in [1.82, 2.24) is 20.7 Å². The Morgan fingerprint density at radius 1 is 1.28 bits per heavy atom. The van der Waals surface area contributed by atoms with Crippen LogP contribution in [0.1, 0.15) is 24.1 Å². The SMILES string of the molecule is CN=C(NCc1ccon1)NC1CCN(Cc2ccc(Br)cc2)CC1. The van der Waals surface area contributed by atoms with Crippen LogP contribution in [0, 0.1) is 0 Å². The fourth-order valence-electron chi connectivity index (χ4n) is 2.97. The van der Waals surface area contributed by atoms with Gasteiger partial charge in [0.1, 0.15) is 12.0 Å². The third kappa shape index (κ3) is 5.57. The van der Waals surface area contributed by atoms with Crippen molar-refractivity contribution < 1.29 is 4.52 Å². The number of benzene rings is 1. The van der Waals surface area contributed by atoms with E-state index < -0.39 is 0 Å². The summed E-state index contributed by atoms with van der Waals surface area (Å²) in [5.74, 6) is 0.814. The molecule has 0 radical (unpaired) electrons. The van der Waals surface area contributed by atoms with E-state index in [1.165, 1.54) is 5.56 Å². The summed E-state index contributed by atoms with van der Waals surface area (Å²) in [7, 11) is 1.79. The van der Waals surface area contributed by atoms with Crippen LogP contribution in [0.5, 0.6) is 0 Å². The van der Waals surface area contributed by atoms with Crippen LogP contribution in [0.4, 0.5) is 0 Å². The van der Waals surface area contributed by atoms with Crippen molar-refractivity contribution in [3.63, 3.8) is 0 Å². The number of likely N-dealkylation sites (tertiary alicyclic amines) is 1. The first-order valence-corrected chi connectivity index (χ1v) is 9.35. The Hall–Kier alpha value is -1.86. The van der Waals surface area contributed by atoms with Gasteiger partial charge in [-0.25, -0.2) is 0 Å². The predicted molar refractivity (Wildman–Crippen MR) is 102 cm³/mol. The molecule has 0 unspecified atom stereocenters. The monoisotopic (exact) mass is 405 g/mol. The maximum Gasteiger partial charge on any atom is 0.191 e. The highest BCUT2D eigenvalue weighted by Gasteiger charge is 2.20. The van der Waals surface area contributed by atoms with Crippen LogP contribution in [0.3, 0.4) is 0 Å². The van der Waals surface area contributed by atoms with Crippen LogP contribution in [-0.4, -0.2) is 42.2 Å². The molecule has 1 aliphatic rings. The largest absolute Gasteiger partial charge is 0.364 e. The molecule has 134 valence electrons. The Morgan fingerprint density at radius 3 is 2.68 bits per heavy atom. The Morgan fingerprint density at radius 2 is 2.04 bits per heavy atom. The molecular weight excluding hydrogens is 382 g/mol. The number of hydrogen-bond donors (Lipinski definition) is 2. The number of aromatic nitrogens is 1. The molecule has 1 aromatic carbocycles. The third-order valence-corrected chi connectivity index (χ3v) is 4.93. The molecule has 2 N–H and O–H groups in total. The molecule has 0 atom stereocenters. The zero-order chi connectivity index (χ0) is 17.5. The van der Waals surface area contributed by atoms with Crippen molar-refractivity contribution in [1.29, 1.82) is 0 Å². The number of aliphatic imine (C=N–C) groups is 1. The lowest BCUT2D eigenvalue weighted by Crippen LogP contribution is -2.48. The fourth-order valence-corrected chi connectivity index (χ4v) is 3.24. The van der Waals surface area contributed by atoms with Crippen molar-refractivity contribution in [2.24, 2.45) is 4.99 Å². The lowest BCUT2D eigenvalue weighted by molar-refractivity contribution is 0.198. The quantitative estimate of drug-likeness (QED) is 0.591. The second-order valence-electron chi connectivity index (χ2n) is 6.24. The van der Waals surface area contributed by atoms with Crippen molar-refractivity contribution in [3.8, 4) is 0 Å². The van der Waals surface area contributed by atoms with E-state index in [0.717, 1.165) is 48.6 Å². The van der Waals surface area contributed by atoms with E-state index in [1.807, 2.05) is 6.07 Å². The van der Waals surface area contributed by atoms with E-state index in [-0.39, 0.29) is 0 Å². The number of rotatable bonds is 5. The van der Waals surface area contributed by atoms with Crippen LogP contribution >= 0.6 is 15.9 Å². The summed E-state index contributed by atoms with van der Waals surface area (Å²) >= 11 is 3.49. The van der Waals surface area contributed by atoms with Gasteiger partial charge in [0.25, 0.3) is 0 Å². The van der Waals surface area contributed by atoms with E-state index in [0.29, 0.717) is 12.6 Å². The first-order valence-electron chi connectivity index (χ1n) is 8.56. The van der Waals surface area contributed by atoms with Gasteiger partial charge >= 0.3 is 0 Å². The van der Waals surface area contributed by atoms with Gasteiger partial charge in [-0.05, 0) is 30.5 Å². The molecule has 2 heterocycles. The summed E-state index contributed by atoms with van der Waals surface area (Å²) < 4.78 is 5.97. The minimum absolute atomic E-state index is 0.449. The molecule has 0 bridgehead atoms. The molecule has 1 fully saturated rings. The molecule has 3 rings (SSSR count). The molecule has 0 saturated carbocycles. The second-order valence-corrected chi connectivity index (χ2v) is 7.15. The molecule has 0 amide bonds. The minimum Gasteiger partial charge on any atom is -0.364 e. The van der Waals surface area contributed by atoms with Crippen LogP contribution < -0.4 is 10.6 Å². The minimum atomic E-state index is 0.449. The molecular formula is C18H24BrN5O. The number of nitrogens with one attached hydrogen (secondary N) is 2. The molecule has 0 spiro atoms. The van der Waals surface area contributed by atoms with Gasteiger partial charge in [-0.1, -0.05) is 33.2 Å². The third-order valence-electron chi connectivity index (χ3n) is 4.40. The normalized spacial score (nSPS) is 16.8. The summed E-state index contributed by atoms with van der Waals surface area (Å²) in [5.41, 5.74) is 2.23. The van der Waals surface area contributed by atoms with Crippen LogP contribution in [0.2, 0.25) is 0 Å². The molecule has 25 heavy (non-hydrogen) atoms. The van der Waals surface area contributed by atoms with E-state index in [2.05, 4.69) is 65.9 Å². The standard InChI is InChI=1S/C18H24BrN5O/c1-20-18(21-12-17-8-11-25-23-17)22-16-6-9-24(10-7-16)13-14-2-4-15(19)5-3-14/h2-5,8,11,16H,6-7,9-10,12-13H2,1H3,(H2,20,21,22). The maximum absolute atomic E-state index is 4.84. The number of halogens is 1. The molecule has 1 saturated heterocycles. The number of piperidine rings is 1. The van der Waals surface area contributed by atoms with Gasteiger partial charge in [-0.3, -0.25) is 9.89 Å². The Balaban J connectivity index is 1.41. The molecule has 1 aromatic heterocycles. The van der Waals surface area contributed by atoms with Gasteiger partial charge in [0, 0.05) is 43.3 Å². The van der Waals surface area contributed by atoms with Gasteiger partial charge < -0.3 is 15.2 Å². The lowest BCUT2D eigenvalue weighted by Gasteiger charge is -2.33. The van der Waals surface area contributed by atoms with Gasteiger partial charge in [-0.15, -0.1) is 0 Å². The average Bonchev–Trinajstić information content (AvgIpc) is 3.15. The number of guanidine groups is 1. The van der Waals surface area contributed by atoms with Gasteiger partial charge in [-0.2, -0.15) is 0 Å². The zero-order valence-corrected chi connectivity index (χ0v) is 16.0. The molecule has 7 heteroatoms. The van der Waals surface area contributed by atoms with Gasteiger partial charge in [0.2, 0.25) is 0 Å². The van der Waals surface area contributed by atoms with E-state index >= 15 is 0 Å². The highest BCUT2D eigenvalue weighted by atomic mass is 79.9. The van der Waals surface area contributed by atoms with Crippen molar-refractivity contribution in [2.75, 3.05) is 20.1 Å². The Bertz CT molecular complexity index is 663. The van der Waals surface area contributed by atoms with E-state index in [1.54, 1.807) is 13.3 Å². The average molecular weight is 406 g/mol.